The molecule has 0 N–H and O–H groups in total. The molecule has 0 aliphatic carbocycles. The SMILES string of the molecule is COCOc1ccc(Br)c(OC)c1. The van der Waals surface area contributed by atoms with Gasteiger partial charge < -0.3 is 14.2 Å². The second-order valence-electron chi connectivity index (χ2n) is 2.35. The molecule has 1 rings (SSSR count). The first-order chi connectivity index (χ1) is 6.27. The second kappa shape index (κ2) is 5.09. The lowest BCUT2D eigenvalue weighted by Gasteiger charge is -2.07. The van der Waals surface area contributed by atoms with E-state index in [2.05, 4.69) is 15.9 Å². The third kappa shape index (κ3) is 2.90. The van der Waals surface area contributed by atoms with E-state index in [-0.39, 0.29) is 6.79 Å². The molecule has 0 saturated heterocycles. The van der Waals surface area contributed by atoms with E-state index in [4.69, 9.17) is 14.2 Å². The predicted octanol–water partition coefficient (Wildman–Crippen LogP) is 2.44. The van der Waals surface area contributed by atoms with Crippen LogP contribution in [0.1, 0.15) is 0 Å². The molecule has 1 aromatic carbocycles. The first kappa shape index (κ1) is 10.3. The summed E-state index contributed by atoms with van der Waals surface area (Å²) in [6.07, 6.45) is 0. The van der Waals surface area contributed by atoms with Gasteiger partial charge in [0, 0.05) is 13.2 Å². The van der Waals surface area contributed by atoms with Gasteiger partial charge in [0.2, 0.25) is 0 Å². The van der Waals surface area contributed by atoms with E-state index in [1.165, 1.54) is 0 Å². The smallest absolute Gasteiger partial charge is 0.188 e. The highest BCUT2D eigenvalue weighted by molar-refractivity contribution is 9.10. The lowest BCUT2D eigenvalue weighted by molar-refractivity contribution is 0.0510. The summed E-state index contributed by atoms with van der Waals surface area (Å²) in [6, 6.07) is 5.50. The number of benzene rings is 1. The van der Waals surface area contributed by atoms with Crippen molar-refractivity contribution in [3.8, 4) is 11.5 Å². The fourth-order valence-corrected chi connectivity index (χ4v) is 1.27. The summed E-state index contributed by atoms with van der Waals surface area (Å²) in [5.41, 5.74) is 0. The molecular formula is C9H11BrO3. The topological polar surface area (TPSA) is 27.7 Å². The van der Waals surface area contributed by atoms with Crippen LogP contribution in [0.25, 0.3) is 0 Å². The average Bonchev–Trinajstić information content (AvgIpc) is 2.16. The Morgan fingerprint density at radius 2 is 2.08 bits per heavy atom. The van der Waals surface area contributed by atoms with Gasteiger partial charge in [0.15, 0.2) is 6.79 Å². The lowest BCUT2D eigenvalue weighted by Crippen LogP contribution is -1.98. The average molecular weight is 247 g/mol. The maximum Gasteiger partial charge on any atom is 0.188 e. The van der Waals surface area contributed by atoms with Crippen molar-refractivity contribution < 1.29 is 14.2 Å². The van der Waals surface area contributed by atoms with Gasteiger partial charge in [-0.1, -0.05) is 0 Å². The van der Waals surface area contributed by atoms with Crippen LogP contribution in [0.5, 0.6) is 11.5 Å². The zero-order chi connectivity index (χ0) is 9.68. The molecule has 0 saturated carbocycles. The summed E-state index contributed by atoms with van der Waals surface area (Å²) in [4.78, 5) is 0. The van der Waals surface area contributed by atoms with Gasteiger partial charge in [0.1, 0.15) is 11.5 Å². The van der Waals surface area contributed by atoms with E-state index in [0.717, 1.165) is 16.0 Å². The molecule has 0 unspecified atom stereocenters. The number of hydrogen-bond acceptors (Lipinski definition) is 3. The molecule has 0 aliphatic rings. The number of methoxy groups -OCH3 is 2. The van der Waals surface area contributed by atoms with Crippen LogP contribution in [-0.2, 0) is 4.74 Å². The molecule has 72 valence electrons. The third-order valence-electron chi connectivity index (χ3n) is 1.47. The van der Waals surface area contributed by atoms with Gasteiger partial charge in [0.25, 0.3) is 0 Å². The van der Waals surface area contributed by atoms with Crippen LogP contribution in [0.3, 0.4) is 0 Å². The minimum absolute atomic E-state index is 0.241. The van der Waals surface area contributed by atoms with Gasteiger partial charge in [-0.2, -0.15) is 0 Å². The van der Waals surface area contributed by atoms with Gasteiger partial charge in [-0.3, -0.25) is 0 Å². The largest absolute Gasteiger partial charge is 0.495 e. The van der Waals surface area contributed by atoms with Crippen molar-refractivity contribution >= 4 is 15.9 Å². The Morgan fingerprint density at radius 3 is 2.69 bits per heavy atom. The number of halogens is 1. The normalized spacial score (nSPS) is 9.77. The van der Waals surface area contributed by atoms with Gasteiger partial charge in [-0.25, -0.2) is 0 Å². The zero-order valence-electron chi connectivity index (χ0n) is 7.54. The van der Waals surface area contributed by atoms with Crippen LogP contribution in [0.4, 0.5) is 0 Å². The molecule has 0 spiro atoms. The highest BCUT2D eigenvalue weighted by Crippen LogP contribution is 2.28. The number of ether oxygens (including phenoxy) is 3. The highest BCUT2D eigenvalue weighted by Gasteiger charge is 2.01. The van der Waals surface area contributed by atoms with Crippen LogP contribution in [-0.4, -0.2) is 21.0 Å². The molecule has 0 atom stereocenters. The fourth-order valence-electron chi connectivity index (χ4n) is 0.857. The summed E-state index contributed by atoms with van der Waals surface area (Å²) >= 11 is 3.35. The Kier molecular flexibility index (Phi) is 4.05. The summed E-state index contributed by atoms with van der Waals surface area (Å²) in [5, 5.41) is 0. The van der Waals surface area contributed by atoms with Crippen LogP contribution in [0, 0.1) is 0 Å². The van der Waals surface area contributed by atoms with Crippen molar-refractivity contribution in [3.05, 3.63) is 22.7 Å². The summed E-state index contributed by atoms with van der Waals surface area (Å²) < 4.78 is 16.0. The van der Waals surface area contributed by atoms with E-state index in [1.54, 1.807) is 20.3 Å². The van der Waals surface area contributed by atoms with Crippen molar-refractivity contribution in [1.29, 1.82) is 0 Å². The van der Waals surface area contributed by atoms with E-state index in [9.17, 15) is 0 Å². The Hall–Kier alpha value is -0.740. The molecule has 0 fully saturated rings. The van der Waals surface area contributed by atoms with Crippen LogP contribution in [0.2, 0.25) is 0 Å². The van der Waals surface area contributed by atoms with Gasteiger partial charge in [-0.05, 0) is 28.1 Å². The predicted molar refractivity (Wildman–Crippen MR) is 53.2 cm³/mol. The van der Waals surface area contributed by atoms with Gasteiger partial charge in [-0.15, -0.1) is 0 Å². The second-order valence-corrected chi connectivity index (χ2v) is 3.20. The quantitative estimate of drug-likeness (QED) is 0.765. The number of hydrogen-bond donors (Lipinski definition) is 0. The minimum Gasteiger partial charge on any atom is -0.495 e. The Balaban J connectivity index is 2.74. The maximum atomic E-state index is 5.23. The molecule has 1 aromatic rings. The molecule has 4 heteroatoms. The van der Waals surface area contributed by atoms with Crippen molar-refractivity contribution in [2.24, 2.45) is 0 Å². The molecule has 0 radical (unpaired) electrons. The highest BCUT2D eigenvalue weighted by atomic mass is 79.9. The summed E-state index contributed by atoms with van der Waals surface area (Å²) in [7, 11) is 3.19. The first-order valence-corrected chi connectivity index (χ1v) is 4.52. The van der Waals surface area contributed by atoms with Crippen molar-refractivity contribution in [1.82, 2.24) is 0 Å². The van der Waals surface area contributed by atoms with E-state index in [0.29, 0.717) is 0 Å². The molecule has 0 aromatic heterocycles. The molecule has 13 heavy (non-hydrogen) atoms. The summed E-state index contributed by atoms with van der Waals surface area (Å²) in [6.45, 7) is 0.241. The zero-order valence-corrected chi connectivity index (χ0v) is 9.13. The van der Waals surface area contributed by atoms with E-state index in [1.807, 2.05) is 12.1 Å². The van der Waals surface area contributed by atoms with Gasteiger partial charge >= 0.3 is 0 Å². The molecular weight excluding hydrogens is 236 g/mol. The van der Waals surface area contributed by atoms with Crippen LogP contribution < -0.4 is 9.47 Å². The number of rotatable bonds is 4. The van der Waals surface area contributed by atoms with Crippen LogP contribution in [0.15, 0.2) is 22.7 Å². The van der Waals surface area contributed by atoms with Gasteiger partial charge in [0.05, 0.1) is 11.6 Å². The van der Waals surface area contributed by atoms with E-state index < -0.39 is 0 Å². The Bertz CT molecular complexity index is 276. The monoisotopic (exact) mass is 246 g/mol. The third-order valence-corrected chi connectivity index (χ3v) is 2.12. The molecule has 0 bridgehead atoms. The summed E-state index contributed by atoms with van der Waals surface area (Å²) in [5.74, 6) is 1.47. The Labute approximate surface area is 85.7 Å². The molecule has 0 heterocycles. The molecule has 3 nitrogen and oxygen atoms in total. The molecule has 0 amide bonds. The van der Waals surface area contributed by atoms with Crippen molar-refractivity contribution in [2.45, 2.75) is 0 Å². The Morgan fingerprint density at radius 1 is 1.31 bits per heavy atom. The fraction of sp³-hybridized carbons (Fsp3) is 0.333. The maximum absolute atomic E-state index is 5.23. The van der Waals surface area contributed by atoms with Crippen LogP contribution >= 0.6 is 15.9 Å². The lowest BCUT2D eigenvalue weighted by atomic mass is 10.3. The standard InChI is InChI=1S/C9H11BrO3/c1-11-6-13-7-3-4-8(10)9(5-7)12-2/h3-5H,6H2,1-2H3. The van der Waals surface area contributed by atoms with Crippen molar-refractivity contribution in [2.75, 3.05) is 21.0 Å². The van der Waals surface area contributed by atoms with E-state index >= 15 is 0 Å². The van der Waals surface area contributed by atoms with Crippen molar-refractivity contribution in [3.63, 3.8) is 0 Å². The molecule has 0 aliphatic heterocycles. The first-order valence-electron chi connectivity index (χ1n) is 3.73. The minimum atomic E-state index is 0.241.